The largest absolute Gasteiger partial charge is 0.507 e. The molecule has 3 aromatic carbocycles. The lowest BCUT2D eigenvalue weighted by atomic mass is 10.1. The van der Waals surface area contributed by atoms with Crippen molar-refractivity contribution in [2.75, 3.05) is 0 Å². The normalized spacial score (nSPS) is 11.6. The van der Waals surface area contributed by atoms with E-state index in [4.69, 9.17) is 11.6 Å². The van der Waals surface area contributed by atoms with Gasteiger partial charge in [0.25, 0.3) is 5.91 Å². The van der Waals surface area contributed by atoms with Gasteiger partial charge in [-0.1, -0.05) is 35.9 Å². The van der Waals surface area contributed by atoms with Gasteiger partial charge in [-0.05, 0) is 41.1 Å². The summed E-state index contributed by atoms with van der Waals surface area (Å²) in [6.45, 7) is 0. The average Bonchev–Trinajstić information content (AvgIpc) is 2.93. The van der Waals surface area contributed by atoms with Crippen molar-refractivity contribution >= 4 is 44.9 Å². The number of nitrogens with one attached hydrogen (secondary N) is 1. The Bertz CT molecular complexity index is 1200. The number of halogens is 1. The number of benzene rings is 3. The Labute approximate surface area is 152 Å². The number of hydrogen-bond donors (Lipinski definition) is 3. The monoisotopic (exact) mass is 365 g/mol. The van der Waals surface area contributed by atoms with Crippen molar-refractivity contribution < 1.29 is 15.0 Å². The molecule has 0 spiro atoms. The molecule has 0 radical (unpaired) electrons. The van der Waals surface area contributed by atoms with Crippen LogP contribution in [0.15, 0.2) is 64.8 Å². The van der Waals surface area contributed by atoms with Gasteiger partial charge in [-0.3, -0.25) is 4.79 Å². The number of carbonyl (C=O) groups excluding carboxylic acids is 1. The standard InChI is InChI=1S/C19H12ClN3O3/c20-12-5-6-15-13(9-12)17(19(26)21-15)22-23-18(25)14-7-10-3-1-2-4-11(10)8-16(14)24/h1-9,21,24,26H. The van der Waals surface area contributed by atoms with Crippen LogP contribution in [-0.4, -0.2) is 21.1 Å². The summed E-state index contributed by atoms with van der Waals surface area (Å²) < 4.78 is 0. The molecule has 0 saturated heterocycles. The lowest BCUT2D eigenvalue weighted by Gasteiger charge is -2.03. The van der Waals surface area contributed by atoms with Crippen LogP contribution in [0.25, 0.3) is 21.7 Å². The summed E-state index contributed by atoms with van der Waals surface area (Å²) in [5.41, 5.74) is 0.753. The number of nitrogens with zero attached hydrogens (tertiary/aromatic N) is 2. The number of rotatable bonds is 2. The van der Waals surface area contributed by atoms with Gasteiger partial charge in [-0.25, -0.2) is 0 Å². The second kappa shape index (κ2) is 6.16. The van der Waals surface area contributed by atoms with Gasteiger partial charge >= 0.3 is 0 Å². The minimum atomic E-state index is -0.718. The molecule has 0 aliphatic carbocycles. The fourth-order valence-electron chi connectivity index (χ4n) is 2.79. The third kappa shape index (κ3) is 2.76. The molecule has 0 fully saturated rings. The number of carbonyl (C=O) groups is 1. The molecule has 0 aliphatic heterocycles. The Morgan fingerprint density at radius 3 is 2.50 bits per heavy atom. The molecule has 0 aliphatic rings. The summed E-state index contributed by atoms with van der Waals surface area (Å²) in [7, 11) is 0. The van der Waals surface area contributed by atoms with E-state index in [0.29, 0.717) is 15.9 Å². The molecule has 0 unspecified atom stereocenters. The van der Waals surface area contributed by atoms with E-state index in [9.17, 15) is 15.0 Å². The summed E-state index contributed by atoms with van der Waals surface area (Å²) in [5.74, 6) is -1.12. The number of phenolic OH excluding ortho intramolecular Hbond substituents is 1. The van der Waals surface area contributed by atoms with Gasteiger partial charge in [0.2, 0.25) is 5.88 Å². The van der Waals surface area contributed by atoms with E-state index in [1.165, 1.54) is 6.07 Å². The van der Waals surface area contributed by atoms with Gasteiger partial charge in [-0.15, -0.1) is 10.2 Å². The number of aromatic hydroxyl groups is 2. The van der Waals surface area contributed by atoms with Crippen LogP contribution in [-0.2, 0) is 0 Å². The summed E-state index contributed by atoms with van der Waals surface area (Å²) in [5, 5.41) is 30.2. The molecule has 4 rings (SSSR count). The first-order valence-corrected chi connectivity index (χ1v) is 8.09. The van der Waals surface area contributed by atoms with Gasteiger partial charge in [-0.2, -0.15) is 0 Å². The van der Waals surface area contributed by atoms with Crippen LogP contribution >= 0.6 is 11.6 Å². The molecule has 3 N–H and O–H groups in total. The van der Waals surface area contributed by atoms with Crippen LogP contribution in [0.3, 0.4) is 0 Å². The third-order valence-corrected chi connectivity index (χ3v) is 4.28. The van der Waals surface area contributed by atoms with Crippen LogP contribution in [0.4, 0.5) is 5.69 Å². The first kappa shape index (κ1) is 16.1. The van der Waals surface area contributed by atoms with Crippen LogP contribution in [0.1, 0.15) is 10.4 Å². The molecule has 1 aromatic heterocycles. The van der Waals surface area contributed by atoms with Gasteiger partial charge in [0.15, 0.2) is 5.69 Å². The first-order chi connectivity index (χ1) is 12.5. The molecule has 0 bridgehead atoms. The SMILES string of the molecule is O=C(N=Nc1c(O)[nH]c2ccc(Cl)cc12)c1cc2ccccc2cc1O. The van der Waals surface area contributed by atoms with Crippen LogP contribution in [0, 0.1) is 0 Å². The zero-order valence-corrected chi connectivity index (χ0v) is 14.0. The van der Waals surface area contributed by atoms with Crippen molar-refractivity contribution in [3.05, 3.63) is 65.2 Å². The highest BCUT2D eigenvalue weighted by atomic mass is 35.5. The number of H-pyrrole nitrogens is 1. The average molecular weight is 366 g/mol. The Balaban J connectivity index is 1.74. The Hall–Kier alpha value is -3.38. The topological polar surface area (TPSA) is 98.0 Å². The minimum Gasteiger partial charge on any atom is -0.507 e. The van der Waals surface area contributed by atoms with Crippen LogP contribution in [0.2, 0.25) is 5.02 Å². The lowest BCUT2D eigenvalue weighted by Crippen LogP contribution is -1.94. The molecule has 0 atom stereocenters. The van der Waals surface area contributed by atoms with Crippen LogP contribution in [0.5, 0.6) is 11.6 Å². The predicted molar refractivity (Wildman–Crippen MR) is 99.4 cm³/mol. The second-order valence-corrected chi connectivity index (χ2v) is 6.17. The van der Waals surface area contributed by atoms with Crippen molar-refractivity contribution in [3.8, 4) is 11.6 Å². The maximum atomic E-state index is 12.4. The lowest BCUT2D eigenvalue weighted by molar-refractivity contribution is 0.0992. The number of fused-ring (bicyclic) bond motifs is 2. The van der Waals surface area contributed by atoms with Gasteiger partial charge in [0, 0.05) is 10.4 Å². The fraction of sp³-hybridized carbons (Fsp3) is 0. The van der Waals surface area contributed by atoms with E-state index in [2.05, 4.69) is 15.2 Å². The van der Waals surface area contributed by atoms with Crippen molar-refractivity contribution in [1.29, 1.82) is 0 Å². The van der Waals surface area contributed by atoms with E-state index < -0.39 is 5.91 Å². The molecule has 128 valence electrons. The summed E-state index contributed by atoms with van der Waals surface area (Å²) in [4.78, 5) is 15.1. The summed E-state index contributed by atoms with van der Waals surface area (Å²) in [6.07, 6.45) is 0. The van der Waals surface area contributed by atoms with Crippen molar-refractivity contribution in [1.82, 2.24) is 4.98 Å². The summed E-state index contributed by atoms with van der Waals surface area (Å²) >= 11 is 5.97. The molecule has 26 heavy (non-hydrogen) atoms. The van der Waals surface area contributed by atoms with Gasteiger partial charge < -0.3 is 15.2 Å². The smallest absolute Gasteiger partial charge is 0.299 e. The molecule has 7 heteroatoms. The summed E-state index contributed by atoms with van der Waals surface area (Å²) in [6, 6.07) is 15.4. The van der Waals surface area contributed by atoms with Crippen molar-refractivity contribution in [3.63, 3.8) is 0 Å². The third-order valence-electron chi connectivity index (χ3n) is 4.05. The molecule has 1 amide bonds. The van der Waals surface area contributed by atoms with Crippen molar-refractivity contribution in [2.45, 2.75) is 0 Å². The second-order valence-electron chi connectivity index (χ2n) is 5.73. The molecule has 1 heterocycles. The number of hydrogen-bond acceptors (Lipinski definition) is 4. The maximum absolute atomic E-state index is 12.4. The molecule has 0 saturated carbocycles. The van der Waals surface area contributed by atoms with Crippen molar-refractivity contribution in [2.24, 2.45) is 10.2 Å². The molecular formula is C19H12ClN3O3. The first-order valence-electron chi connectivity index (χ1n) is 7.71. The zero-order valence-electron chi connectivity index (χ0n) is 13.3. The predicted octanol–water partition coefficient (Wildman–Crippen LogP) is 5.31. The van der Waals surface area contributed by atoms with Crippen LogP contribution < -0.4 is 0 Å². The minimum absolute atomic E-state index is 0.0322. The fourth-order valence-corrected chi connectivity index (χ4v) is 2.96. The van der Waals surface area contributed by atoms with E-state index in [0.717, 1.165) is 10.8 Å². The highest BCUT2D eigenvalue weighted by molar-refractivity contribution is 6.31. The Morgan fingerprint density at radius 2 is 1.73 bits per heavy atom. The van der Waals surface area contributed by atoms with E-state index in [-0.39, 0.29) is 22.9 Å². The van der Waals surface area contributed by atoms with Gasteiger partial charge in [0.1, 0.15) is 5.75 Å². The zero-order chi connectivity index (χ0) is 18.3. The number of aromatic nitrogens is 1. The highest BCUT2D eigenvalue weighted by Gasteiger charge is 2.14. The van der Waals surface area contributed by atoms with Gasteiger partial charge in [0.05, 0.1) is 11.1 Å². The maximum Gasteiger partial charge on any atom is 0.299 e. The highest BCUT2D eigenvalue weighted by Crippen LogP contribution is 2.37. The molecule has 6 nitrogen and oxygen atoms in total. The Kier molecular flexibility index (Phi) is 3.82. The number of azo groups is 1. The number of aromatic amines is 1. The quantitative estimate of drug-likeness (QED) is 0.420. The van der Waals surface area contributed by atoms with E-state index in [1.807, 2.05) is 24.3 Å². The molecule has 4 aromatic rings. The van der Waals surface area contributed by atoms with E-state index >= 15 is 0 Å². The number of amides is 1. The molecular weight excluding hydrogens is 354 g/mol. The van der Waals surface area contributed by atoms with E-state index in [1.54, 1.807) is 24.3 Å². The number of phenols is 1. The Morgan fingerprint density at radius 1 is 1.00 bits per heavy atom.